The summed E-state index contributed by atoms with van der Waals surface area (Å²) in [6, 6.07) is 19.1. The van der Waals surface area contributed by atoms with Gasteiger partial charge in [-0.2, -0.15) is 0 Å². The topological polar surface area (TPSA) is 50.3 Å². The number of methoxy groups -OCH3 is 1. The van der Waals surface area contributed by atoms with E-state index >= 15 is 0 Å². The first-order valence-electron chi connectivity index (χ1n) is 9.90. The number of benzene rings is 2. The summed E-state index contributed by atoms with van der Waals surface area (Å²) in [5.74, 6) is 1.82. The smallest absolute Gasteiger partial charge is 0.137 e. The third-order valence-electron chi connectivity index (χ3n) is 5.03. The highest BCUT2D eigenvalue weighted by Gasteiger charge is 2.27. The minimum Gasteiger partial charge on any atom is -0.383 e. The minimum atomic E-state index is 0.182. The summed E-state index contributed by atoms with van der Waals surface area (Å²) >= 11 is 1.78. The first-order chi connectivity index (χ1) is 14.2. The van der Waals surface area contributed by atoms with Gasteiger partial charge in [0.25, 0.3) is 0 Å². The SMILES string of the molecule is COCCN1CCC(Nc2ccccc2Sc2ccccc2)c2cnc(C)nc21. The van der Waals surface area contributed by atoms with Gasteiger partial charge in [0, 0.05) is 47.4 Å². The Morgan fingerprint density at radius 3 is 2.76 bits per heavy atom. The average Bonchev–Trinajstić information content (AvgIpc) is 2.75. The van der Waals surface area contributed by atoms with Crippen molar-refractivity contribution >= 4 is 23.3 Å². The molecule has 6 heteroatoms. The fourth-order valence-electron chi connectivity index (χ4n) is 3.56. The summed E-state index contributed by atoms with van der Waals surface area (Å²) in [5, 5.41) is 3.76. The van der Waals surface area contributed by atoms with Crippen molar-refractivity contribution in [3.05, 3.63) is 72.2 Å². The van der Waals surface area contributed by atoms with Gasteiger partial charge in [-0.05, 0) is 37.6 Å². The van der Waals surface area contributed by atoms with Crippen LogP contribution in [0.25, 0.3) is 0 Å². The number of aryl methyl sites for hydroxylation is 1. The average molecular weight is 407 g/mol. The maximum atomic E-state index is 5.28. The lowest BCUT2D eigenvalue weighted by molar-refractivity contribution is 0.204. The van der Waals surface area contributed by atoms with Gasteiger partial charge in [-0.1, -0.05) is 42.1 Å². The van der Waals surface area contributed by atoms with E-state index in [-0.39, 0.29) is 6.04 Å². The maximum Gasteiger partial charge on any atom is 0.137 e. The molecule has 3 aromatic rings. The molecule has 150 valence electrons. The van der Waals surface area contributed by atoms with Gasteiger partial charge < -0.3 is 15.0 Å². The number of fused-ring (bicyclic) bond motifs is 1. The van der Waals surface area contributed by atoms with Gasteiger partial charge in [-0.25, -0.2) is 9.97 Å². The maximum absolute atomic E-state index is 5.28. The number of nitrogens with zero attached hydrogens (tertiary/aromatic N) is 3. The molecule has 0 fully saturated rings. The Labute approximate surface area is 176 Å². The van der Waals surface area contributed by atoms with Crippen LogP contribution in [-0.2, 0) is 4.74 Å². The van der Waals surface area contributed by atoms with E-state index in [4.69, 9.17) is 9.72 Å². The van der Waals surface area contributed by atoms with Gasteiger partial charge in [-0.15, -0.1) is 0 Å². The Hall–Kier alpha value is -2.57. The number of nitrogens with one attached hydrogen (secondary N) is 1. The van der Waals surface area contributed by atoms with Gasteiger partial charge in [-0.3, -0.25) is 0 Å². The second-order valence-corrected chi connectivity index (χ2v) is 8.19. The standard InChI is InChI=1S/C23H26N4OS/c1-17-24-16-19-20(12-13-27(14-15-28-2)23(19)25-17)26-21-10-6-7-11-22(21)29-18-8-4-3-5-9-18/h3-11,16,20,26H,12-15H2,1-2H3. The Balaban J connectivity index is 1.59. The summed E-state index contributed by atoms with van der Waals surface area (Å²) < 4.78 is 5.28. The lowest BCUT2D eigenvalue weighted by atomic mass is 10.0. The molecule has 1 atom stereocenters. The second kappa shape index (κ2) is 9.29. The molecule has 1 aromatic heterocycles. The third-order valence-corrected chi connectivity index (χ3v) is 6.12. The summed E-state index contributed by atoms with van der Waals surface area (Å²) in [7, 11) is 1.74. The zero-order chi connectivity index (χ0) is 20.1. The van der Waals surface area contributed by atoms with Gasteiger partial charge in [0.15, 0.2) is 0 Å². The predicted octanol–water partition coefficient (Wildman–Crippen LogP) is 4.95. The molecule has 0 saturated carbocycles. The molecule has 1 N–H and O–H groups in total. The zero-order valence-electron chi connectivity index (χ0n) is 16.8. The Bertz CT molecular complexity index is 951. The van der Waals surface area contributed by atoms with Gasteiger partial charge in [0.1, 0.15) is 11.6 Å². The fraction of sp³-hybridized carbons (Fsp3) is 0.304. The number of anilines is 2. The van der Waals surface area contributed by atoms with E-state index in [0.29, 0.717) is 6.61 Å². The fourth-order valence-corrected chi connectivity index (χ4v) is 4.49. The molecule has 1 aliphatic heterocycles. The quantitative estimate of drug-likeness (QED) is 0.599. The van der Waals surface area contributed by atoms with Crippen molar-refractivity contribution in [1.29, 1.82) is 0 Å². The molecule has 0 bridgehead atoms. The van der Waals surface area contributed by atoms with Crippen LogP contribution in [0.4, 0.5) is 11.5 Å². The lowest BCUT2D eigenvalue weighted by Crippen LogP contribution is -2.36. The molecule has 5 nitrogen and oxygen atoms in total. The number of hydrogen-bond acceptors (Lipinski definition) is 6. The largest absolute Gasteiger partial charge is 0.383 e. The Morgan fingerprint density at radius 2 is 1.93 bits per heavy atom. The van der Waals surface area contributed by atoms with Crippen molar-refractivity contribution in [2.24, 2.45) is 0 Å². The van der Waals surface area contributed by atoms with Crippen molar-refractivity contribution in [3.63, 3.8) is 0 Å². The molecule has 1 aliphatic rings. The summed E-state index contributed by atoms with van der Waals surface area (Å²) in [6.07, 6.45) is 2.97. The summed E-state index contributed by atoms with van der Waals surface area (Å²) in [6.45, 7) is 4.42. The number of para-hydroxylation sites is 1. The Kier molecular flexibility index (Phi) is 6.32. The van der Waals surface area contributed by atoms with E-state index in [9.17, 15) is 0 Å². The Morgan fingerprint density at radius 1 is 1.14 bits per heavy atom. The van der Waals surface area contributed by atoms with E-state index in [0.717, 1.165) is 42.4 Å². The minimum absolute atomic E-state index is 0.182. The molecule has 2 heterocycles. The predicted molar refractivity (Wildman–Crippen MR) is 119 cm³/mol. The molecule has 29 heavy (non-hydrogen) atoms. The normalized spacial score (nSPS) is 15.8. The van der Waals surface area contributed by atoms with Crippen LogP contribution < -0.4 is 10.2 Å². The van der Waals surface area contributed by atoms with Crippen LogP contribution in [0.2, 0.25) is 0 Å². The highest BCUT2D eigenvalue weighted by molar-refractivity contribution is 7.99. The van der Waals surface area contributed by atoms with Crippen molar-refractivity contribution in [3.8, 4) is 0 Å². The highest BCUT2D eigenvalue weighted by Crippen LogP contribution is 2.38. The van der Waals surface area contributed by atoms with Crippen molar-refractivity contribution in [1.82, 2.24) is 9.97 Å². The molecule has 0 radical (unpaired) electrons. The van der Waals surface area contributed by atoms with Crippen LogP contribution in [0.15, 0.2) is 70.6 Å². The van der Waals surface area contributed by atoms with E-state index in [1.807, 2.05) is 19.2 Å². The molecule has 4 rings (SSSR count). The second-order valence-electron chi connectivity index (χ2n) is 7.07. The monoisotopic (exact) mass is 406 g/mol. The van der Waals surface area contributed by atoms with E-state index in [2.05, 4.69) is 63.7 Å². The summed E-state index contributed by atoms with van der Waals surface area (Å²) in [5.41, 5.74) is 2.29. The number of rotatable bonds is 7. The van der Waals surface area contributed by atoms with E-state index in [1.165, 1.54) is 9.79 Å². The van der Waals surface area contributed by atoms with Gasteiger partial charge in [0.05, 0.1) is 12.6 Å². The molecule has 0 aliphatic carbocycles. The zero-order valence-corrected chi connectivity index (χ0v) is 17.7. The van der Waals surface area contributed by atoms with E-state index < -0.39 is 0 Å². The number of ether oxygens (including phenoxy) is 1. The molecule has 2 aromatic carbocycles. The van der Waals surface area contributed by atoms with Crippen molar-refractivity contribution in [2.75, 3.05) is 37.0 Å². The van der Waals surface area contributed by atoms with Crippen LogP contribution >= 0.6 is 11.8 Å². The van der Waals surface area contributed by atoms with E-state index in [1.54, 1.807) is 18.9 Å². The van der Waals surface area contributed by atoms with Crippen LogP contribution in [0.3, 0.4) is 0 Å². The first kappa shape index (κ1) is 19.7. The van der Waals surface area contributed by atoms with Crippen LogP contribution in [0.5, 0.6) is 0 Å². The number of hydrogen-bond donors (Lipinski definition) is 1. The van der Waals surface area contributed by atoms with Crippen LogP contribution in [0.1, 0.15) is 23.9 Å². The van der Waals surface area contributed by atoms with Crippen LogP contribution in [0, 0.1) is 6.92 Å². The highest BCUT2D eigenvalue weighted by atomic mass is 32.2. The third kappa shape index (κ3) is 4.71. The molecular formula is C23H26N4OS. The van der Waals surface area contributed by atoms with Gasteiger partial charge in [0.2, 0.25) is 0 Å². The molecule has 1 unspecified atom stereocenters. The van der Waals surface area contributed by atoms with Crippen molar-refractivity contribution < 1.29 is 4.74 Å². The molecule has 0 amide bonds. The van der Waals surface area contributed by atoms with Gasteiger partial charge >= 0.3 is 0 Å². The first-order valence-corrected chi connectivity index (χ1v) is 10.7. The number of aromatic nitrogens is 2. The van der Waals surface area contributed by atoms with Crippen LogP contribution in [-0.4, -0.2) is 36.8 Å². The summed E-state index contributed by atoms with van der Waals surface area (Å²) in [4.78, 5) is 14.0. The molecule has 0 spiro atoms. The van der Waals surface area contributed by atoms with Crippen molar-refractivity contribution in [2.45, 2.75) is 29.2 Å². The molecular weight excluding hydrogens is 380 g/mol. The molecule has 0 saturated heterocycles. The lowest BCUT2D eigenvalue weighted by Gasteiger charge is -2.35.